The quantitative estimate of drug-likeness (QED) is 0.641. The molecule has 0 aliphatic heterocycles. The van der Waals surface area contributed by atoms with Crippen molar-refractivity contribution in [1.29, 1.82) is 0 Å². The molecule has 0 radical (unpaired) electrons. The van der Waals surface area contributed by atoms with Gasteiger partial charge < -0.3 is 11.5 Å². The predicted molar refractivity (Wildman–Crippen MR) is 58.8 cm³/mol. The molecule has 1 atom stereocenters. The summed E-state index contributed by atoms with van der Waals surface area (Å²) in [4.78, 5) is 0. The van der Waals surface area contributed by atoms with Crippen molar-refractivity contribution in [2.24, 2.45) is 23.3 Å². The van der Waals surface area contributed by atoms with E-state index in [0.717, 1.165) is 18.3 Å². The molecule has 76 valence electrons. The molecule has 0 amide bonds. The lowest BCUT2D eigenvalue weighted by Crippen LogP contribution is -2.00. The third-order valence-corrected chi connectivity index (χ3v) is 1.91. The van der Waals surface area contributed by atoms with E-state index >= 15 is 0 Å². The van der Waals surface area contributed by atoms with Crippen molar-refractivity contribution < 1.29 is 0 Å². The van der Waals surface area contributed by atoms with E-state index in [0.29, 0.717) is 5.70 Å². The van der Waals surface area contributed by atoms with E-state index in [9.17, 15) is 0 Å². The molecule has 0 bridgehead atoms. The smallest absolute Gasteiger partial charge is 0.0468 e. The molecule has 0 heterocycles. The highest BCUT2D eigenvalue weighted by atomic mass is 14.6. The molecule has 1 unspecified atom stereocenters. The molecule has 0 rings (SSSR count). The maximum absolute atomic E-state index is 5.51. The van der Waals surface area contributed by atoms with E-state index in [-0.39, 0.29) is 0 Å². The molecule has 0 aliphatic rings. The summed E-state index contributed by atoms with van der Waals surface area (Å²) in [6, 6.07) is 0. The van der Waals surface area contributed by atoms with Crippen molar-refractivity contribution in [2.75, 3.05) is 0 Å². The van der Waals surface area contributed by atoms with Gasteiger partial charge in [-0.15, -0.1) is 0 Å². The minimum atomic E-state index is 0.636. The summed E-state index contributed by atoms with van der Waals surface area (Å²) in [6.45, 7) is 6.75. The van der Waals surface area contributed by atoms with Crippen LogP contribution in [0.1, 0.15) is 33.6 Å². The van der Waals surface area contributed by atoms with Crippen molar-refractivity contribution in [1.82, 2.24) is 0 Å². The monoisotopic (exact) mass is 182 g/mol. The molecular weight excluding hydrogens is 160 g/mol. The lowest BCUT2D eigenvalue weighted by atomic mass is 9.96. The van der Waals surface area contributed by atoms with Crippen molar-refractivity contribution in [3.05, 3.63) is 24.0 Å². The van der Waals surface area contributed by atoms with Gasteiger partial charge in [0.2, 0.25) is 0 Å². The van der Waals surface area contributed by atoms with Gasteiger partial charge in [0.15, 0.2) is 0 Å². The van der Waals surface area contributed by atoms with Crippen LogP contribution in [-0.4, -0.2) is 0 Å². The van der Waals surface area contributed by atoms with Gasteiger partial charge in [-0.05, 0) is 30.8 Å². The fourth-order valence-electron chi connectivity index (χ4n) is 1.39. The van der Waals surface area contributed by atoms with Gasteiger partial charge in [0, 0.05) is 11.9 Å². The van der Waals surface area contributed by atoms with Crippen LogP contribution in [0.15, 0.2) is 24.0 Å². The molecule has 0 aliphatic carbocycles. The van der Waals surface area contributed by atoms with Crippen molar-refractivity contribution in [2.45, 2.75) is 33.6 Å². The van der Waals surface area contributed by atoms with E-state index in [2.05, 4.69) is 26.8 Å². The Morgan fingerprint density at radius 2 is 1.92 bits per heavy atom. The van der Waals surface area contributed by atoms with Crippen LogP contribution < -0.4 is 11.5 Å². The van der Waals surface area contributed by atoms with Crippen molar-refractivity contribution >= 4 is 0 Å². The van der Waals surface area contributed by atoms with Crippen LogP contribution in [0.25, 0.3) is 0 Å². The van der Waals surface area contributed by atoms with Gasteiger partial charge >= 0.3 is 0 Å². The Hall–Kier alpha value is -0.920. The van der Waals surface area contributed by atoms with Crippen LogP contribution in [0.3, 0.4) is 0 Å². The highest BCUT2D eigenvalue weighted by molar-refractivity contribution is 5.12. The second kappa shape index (κ2) is 6.58. The van der Waals surface area contributed by atoms with Crippen LogP contribution in [0.4, 0.5) is 0 Å². The maximum Gasteiger partial charge on any atom is 0.0468 e. The van der Waals surface area contributed by atoms with E-state index in [1.54, 1.807) is 0 Å². The largest absolute Gasteiger partial charge is 0.403 e. The van der Waals surface area contributed by atoms with E-state index in [1.165, 1.54) is 12.6 Å². The van der Waals surface area contributed by atoms with Crippen molar-refractivity contribution in [3.8, 4) is 0 Å². The fourth-order valence-corrected chi connectivity index (χ4v) is 1.39. The first-order valence-corrected chi connectivity index (χ1v) is 4.90. The van der Waals surface area contributed by atoms with Gasteiger partial charge in [-0.2, -0.15) is 0 Å². The van der Waals surface area contributed by atoms with E-state index in [1.807, 2.05) is 6.08 Å². The number of hydrogen-bond acceptors (Lipinski definition) is 2. The summed E-state index contributed by atoms with van der Waals surface area (Å²) in [5.41, 5.74) is 11.4. The molecule has 13 heavy (non-hydrogen) atoms. The number of hydrogen-bond donors (Lipinski definition) is 2. The summed E-state index contributed by atoms with van der Waals surface area (Å²) < 4.78 is 0. The average molecular weight is 182 g/mol. The van der Waals surface area contributed by atoms with Crippen LogP contribution >= 0.6 is 0 Å². The Labute approximate surface area is 81.7 Å². The first-order chi connectivity index (χ1) is 6.06. The number of rotatable bonds is 5. The molecule has 2 nitrogen and oxygen atoms in total. The summed E-state index contributed by atoms with van der Waals surface area (Å²) in [5, 5.41) is 0. The van der Waals surface area contributed by atoms with Crippen LogP contribution in [0.2, 0.25) is 0 Å². The molecule has 4 N–H and O–H groups in total. The lowest BCUT2D eigenvalue weighted by molar-refractivity contribution is 0.443. The van der Waals surface area contributed by atoms with Gasteiger partial charge in [-0.3, -0.25) is 0 Å². The molecule has 0 aromatic carbocycles. The third-order valence-electron chi connectivity index (χ3n) is 1.91. The second-order valence-corrected chi connectivity index (χ2v) is 4.04. The molecule has 2 heteroatoms. The molecule has 0 aromatic rings. The normalized spacial score (nSPS) is 15.5. The van der Waals surface area contributed by atoms with Crippen LogP contribution in [-0.2, 0) is 0 Å². The molecule has 0 saturated heterocycles. The third kappa shape index (κ3) is 7.44. The Morgan fingerprint density at radius 1 is 1.31 bits per heavy atom. The number of nitrogens with two attached hydrogens (primary N) is 2. The molecule has 0 fully saturated rings. The number of allylic oxidation sites excluding steroid dienone is 2. The van der Waals surface area contributed by atoms with Crippen LogP contribution in [0, 0.1) is 11.8 Å². The minimum Gasteiger partial charge on any atom is -0.403 e. The zero-order chi connectivity index (χ0) is 10.3. The first-order valence-electron chi connectivity index (χ1n) is 4.90. The van der Waals surface area contributed by atoms with Gasteiger partial charge in [0.1, 0.15) is 0 Å². The molecule has 0 saturated carbocycles. The minimum absolute atomic E-state index is 0.636. The first kappa shape index (κ1) is 12.1. The lowest BCUT2D eigenvalue weighted by Gasteiger charge is -2.10. The van der Waals surface area contributed by atoms with Gasteiger partial charge in [0.05, 0.1) is 0 Å². The van der Waals surface area contributed by atoms with Crippen LogP contribution in [0.5, 0.6) is 0 Å². The molecule has 0 spiro atoms. The summed E-state index contributed by atoms with van der Waals surface area (Å²) >= 11 is 0. The van der Waals surface area contributed by atoms with Gasteiger partial charge in [-0.25, -0.2) is 0 Å². The maximum atomic E-state index is 5.51. The summed E-state index contributed by atoms with van der Waals surface area (Å²) in [7, 11) is 0. The van der Waals surface area contributed by atoms with E-state index in [4.69, 9.17) is 11.5 Å². The Balaban J connectivity index is 3.69. The molecule has 0 aromatic heterocycles. The zero-order valence-corrected chi connectivity index (χ0v) is 8.96. The predicted octanol–water partition coefficient (Wildman–Crippen LogP) is 2.37. The highest BCUT2D eigenvalue weighted by Gasteiger charge is 2.01. The topological polar surface area (TPSA) is 52.0 Å². The SMILES string of the molecule is CC(C)CC(C)C/C=C\C(N)=C\N. The Bertz CT molecular complexity index is 181. The summed E-state index contributed by atoms with van der Waals surface area (Å²) in [5.74, 6) is 1.49. The fraction of sp³-hybridized carbons (Fsp3) is 0.636. The standard InChI is InChI=1S/C11H22N2/c1-9(2)7-10(3)5-4-6-11(13)8-12/h4,6,8-10H,5,7,12-13H2,1-3H3/b6-4-,11-8-. The van der Waals surface area contributed by atoms with Gasteiger partial charge in [-0.1, -0.05) is 26.8 Å². The summed E-state index contributed by atoms with van der Waals surface area (Å²) in [6.07, 6.45) is 7.72. The highest BCUT2D eigenvalue weighted by Crippen LogP contribution is 2.14. The second-order valence-electron chi connectivity index (χ2n) is 4.04. The Kier molecular flexibility index (Phi) is 6.11. The van der Waals surface area contributed by atoms with E-state index < -0.39 is 0 Å². The van der Waals surface area contributed by atoms with Crippen molar-refractivity contribution in [3.63, 3.8) is 0 Å². The zero-order valence-electron chi connectivity index (χ0n) is 8.96. The average Bonchev–Trinajstić information content (AvgIpc) is 2.02. The van der Waals surface area contributed by atoms with Gasteiger partial charge in [0.25, 0.3) is 0 Å². The molecular formula is C11H22N2. The Morgan fingerprint density at radius 3 is 2.38 bits per heavy atom.